The predicted octanol–water partition coefficient (Wildman–Crippen LogP) is 1.83. The summed E-state index contributed by atoms with van der Waals surface area (Å²) in [6, 6.07) is 4.10. The first-order chi connectivity index (χ1) is 3.83. The van der Waals surface area contributed by atoms with Crippen molar-refractivity contribution >= 4 is 47.8 Å². The summed E-state index contributed by atoms with van der Waals surface area (Å²) in [6.07, 6.45) is 0. The van der Waals surface area contributed by atoms with E-state index < -0.39 is 0 Å². The molecular weight excluding hydrogens is 251 g/mol. The van der Waals surface area contributed by atoms with Crippen LogP contribution in [0.1, 0.15) is 4.88 Å². The predicted molar refractivity (Wildman–Crippen MR) is 42.9 cm³/mol. The van der Waals surface area contributed by atoms with E-state index in [-0.39, 0.29) is 0 Å². The third kappa shape index (κ3) is 1.52. The van der Waals surface area contributed by atoms with Gasteiger partial charge in [-0.15, -0.1) is 0 Å². The Hall–Kier alpha value is 0.569. The molecule has 0 aliphatic heterocycles. The van der Waals surface area contributed by atoms with Gasteiger partial charge in [-0.25, -0.2) is 0 Å². The molecule has 0 bridgehead atoms. The van der Waals surface area contributed by atoms with E-state index in [1.807, 2.05) is 11.0 Å². The van der Waals surface area contributed by atoms with Crippen molar-refractivity contribution in [1.82, 2.24) is 0 Å². The van der Waals surface area contributed by atoms with Crippen LogP contribution >= 0.6 is 27.3 Å². The number of rotatable bonds is 1. The molecule has 0 saturated heterocycles. The average molecular weight is 254 g/mol. The molecule has 0 aromatic carbocycles. The van der Waals surface area contributed by atoms with Gasteiger partial charge in [0.25, 0.3) is 0 Å². The maximum absolute atomic E-state index is 3.36. The molecule has 1 heterocycles. The molecule has 0 spiro atoms. The van der Waals surface area contributed by atoms with Crippen LogP contribution in [0.25, 0.3) is 0 Å². The molecule has 1 aromatic heterocycles. The van der Waals surface area contributed by atoms with Crippen LogP contribution < -0.4 is 0 Å². The van der Waals surface area contributed by atoms with Gasteiger partial charge in [-0.2, -0.15) is 0 Å². The van der Waals surface area contributed by atoms with Gasteiger partial charge in [0.2, 0.25) is 0 Å². The van der Waals surface area contributed by atoms with Crippen molar-refractivity contribution in [2.75, 3.05) is 0 Å². The van der Waals surface area contributed by atoms with E-state index in [0.717, 1.165) is 0 Å². The summed E-state index contributed by atoms with van der Waals surface area (Å²) >= 11 is 7.91. The molecule has 0 N–H and O–H groups in total. The van der Waals surface area contributed by atoms with Crippen molar-refractivity contribution in [1.29, 1.82) is 0 Å². The molecule has 0 nitrogen and oxygen atoms in total. The van der Waals surface area contributed by atoms with E-state index in [4.69, 9.17) is 0 Å². The Balaban J connectivity index is 3.00. The molecule has 0 aliphatic rings. The molecule has 0 atom stereocenters. The SMILES string of the molecule is [Se]=Cc1ccc(Br)s1. The van der Waals surface area contributed by atoms with E-state index >= 15 is 0 Å². The summed E-state index contributed by atoms with van der Waals surface area (Å²) in [5.74, 6) is 0. The van der Waals surface area contributed by atoms with Crippen LogP contribution in [0.15, 0.2) is 15.9 Å². The molecular formula is C5H3BrSSe. The Morgan fingerprint density at radius 3 is 2.62 bits per heavy atom. The van der Waals surface area contributed by atoms with Gasteiger partial charge < -0.3 is 0 Å². The van der Waals surface area contributed by atoms with Crippen molar-refractivity contribution in [2.24, 2.45) is 0 Å². The number of hydrogen-bond donors (Lipinski definition) is 0. The quantitative estimate of drug-likeness (QED) is 0.670. The Morgan fingerprint density at radius 1 is 1.62 bits per heavy atom. The minimum atomic E-state index is 1.18. The van der Waals surface area contributed by atoms with Crippen LogP contribution in [-0.4, -0.2) is 20.5 Å². The van der Waals surface area contributed by atoms with Gasteiger partial charge in [-0.05, 0) is 0 Å². The van der Waals surface area contributed by atoms with E-state index in [0.29, 0.717) is 0 Å². The second kappa shape index (κ2) is 2.92. The summed E-state index contributed by atoms with van der Waals surface area (Å²) in [5, 5.41) is 0. The molecule has 8 heavy (non-hydrogen) atoms. The van der Waals surface area contributed by atoms with E-state index in [9.17, 15) is 0 Å². The maximum atomic E-state index is 3.36. The van der Waals surface area contributed by atoms with Crippen molar-refractivity contribution in [3.63, 3.8) is 0 Å². The molecule has 1 rings (SSSR count). The Labute approximate surface area is 68.4 Å². The first kappa shape index (κ1) is 6.69. The van der Waals surface area contributed by atoms with E-state index in [1.54, 1.807) is 11.3 Å². The molecule has 0 radical (unpaired) electrons. The topological polar surface area (TPSA) is 0 Å². The van der Waals surface area contributed by atoms with Gasteiger partial charge >= 0.3 is 68.6 Å². The zero-order valence-corrected chi connectivity index (χ0v) is 8.04. The molecule has 3 heteroatoms. The van der Waals surface area contributed by atoms with Crippen LogP contribution in [0.2, 0.25) is 0 Å². The van der Waals surface area contributed by atoms with Gasteiger partial charge in [0.05, 0.1) is 0 Å². The van der Waals surface area contributed by atoms with Crippen LogP contribution in [-0.2, 0) is 0 Å². The standard InChI is InChI=1S/C5H3BrSSe/c6-5-2-1-4(3-8)7-5/h1-3H. The van der Waals surface area contributed by atoms with Crippen molar-refractivity contribution in [3.05, 3.63) is 20.8 Å². The minimum absolute atomic E-state index is 1.18. The van der Waals surface area contributed by atoms with Gasteiger partial charge in [-0.1, -0.05) is 0 Å². The van der Waals surface area contributed by atoms with Crippen LogP contribution in [0.4, 0.5) is 0 Å². The fourth-order valence-electron chi connectivity index (χ4n) is 0.392. The molecule has 0 amide bonds. The molecule has 0 saturated carbocycles. The number of halogens is 1. The van der Waals surface area contributed by atoms with Crippen molar-refractivity contribution < 1.29 is 0 Å². The molecule has 1 aromatic rings. The molecule has 0 unspecified atom stereocenters. The number of hydrogen-bond acceptors (Lipinski definition) is 1. The third-order valence-corrected chi connectivity index (χ3v) is 3.15. The second-order valence-electron chi connectivity index (χ2n) is 1.26. The van der Waals surface area contributed by atoms with Crippen LogP contribution in [0.5, 0.6) is 0 Å². The van der Waals surface area contributed by atoms with Crippen LogP contribution in [0.3, 0.4) is 0 Å². The second-order valence-corrected chi connectivity index (χ2v) is 4.25. The number of thiophene rings is 1. The Bertz CT molecular complexity index is 194. The van der Waals surface area contributed by atoms with Gasteiger partial charge in [-0.3, -0.25) is 0 Å². The average Bonchev–Trinajstić information content (AvgIpc) is 2.14. The Morgan fingerprint density at radius 2 is 2.38 bits per heavy atom. The molecule has 0 aliphatic carbocycles. The van der Waals surface area contributed by atoms with Crippen LogP contribution in [0, 0.1) is 0 Å². The Kier molecular flexibility index (Phi) is 2.44. The molecule has 42 valence electrons. The summed E-state index contributed by atoms with van der Waals surface area (Å²) < 4.78 is 1.18. The van der Waals surface area contributed by atoms with Gasteiger partial charge in [0, 0.05) is 0 Å². The first-order valence-corrected chi connectivity index (χ1v) is 4.63. The fraction of sp³-hybridized carbons (Fsp3) is 0. The fourth-order valence-corrected chi connectivity index (χ4v) is 2.10. The van der Waals surface area contributed by atoms with E-state index in [1.165, 1.54) is 8.66 Å². The van der Waals surface area contributed by atoms with Gasteiger partial charge in [0.1, 0.15) is 0 Å². The first-order valence-electron chi connectivity index (χ1n) is 2.03. The normalized spacial score (nSPS) is 9.12. The summed E-state index contributed by atoms with van der Waals surface area (Å²) in [5.41, 5.74) is 0. The third-order valence-electron chi connectivity index (χ3n) is 0.710. The molecule has 0 fully saturated rings. The monoisotopic (exact) mass is 254 g/mol. The van der Waals surface area contributed by atoms with Crippen molar-refractivity contribution in [2.45, 2.75) is 0 Å². The van der Waals surface area contributed by atoms with E-state index in [2.05, 4.69) is 37.6 Å². The zero-order chi connectivity index (χ0) is 5.98. The van der Waals surface area contributed by atoms with Crippen molar-refractivity contribution in [3.8, 4) is 0 Å². The summed E-state index contributed by atoms with van der Waals surface area (Å²) in [7, 11) is 0. The summed E-state index contributed by atoms with van der Waals surface area (Å²) in [6.45, 7) is 0. The van der Waals surface area contributed by atoms with Gasteiger partial charge in [0.15, 0.2) is 0 Å². The summed E-state index contributed by atoms with van der Waals surface area (Å²) in [4.78, 5) is 3.23. The zero-order valence-electron chi connectivity index (χ0n) is 3.93.